The smallest absolute Gasteiger partial charge is 0.0701 e. The molecule has 3 nitrogen and oxygen atoms in total. The predicted molar refractivity (Wildman–Crippen MR) is 79.6 cm³/mol. The van der Waals surface area contributed by atoms with Gasteiger partial charge in [-0.1, -0.05) is 30.7 Å². The first kappa shape index (κ1) is 16.2. The van der Waals surface area contributed by atoms with Gasteiger partial charge in [-0.3, -0.25) is 0 Å². The van der Waals surface area contributed by atoms with Crippen LogP contribution in [0.4, 0.5) is 0 Å². The highest BCUT2D eigenvalue weighted by atomic mass is 16.5. The lowest BCUT2D eigenvalue weighted by Gasteiger charge is -2.21. The van der Waals surface area contributed by atoms with Gasteiger partial charge in [-0.05, 0) is 37.9 Å². The van der Waals surface area contributed by atoms with Crippen LogP contribution in [0.15, 0.2) is 18.2 Å². The SMILES string of the molecule is CCCNC(COCCOC)c1cc(C)ccc1C. The molecule has 0 aliphatic rings. The van der Waals surface area contributed by atoms with E-state index in [2.05, 4.69) is 44.3 Å². The molecule has 0 spiro atoms. The molecule has 1 atom stereocenters. The van der Waals surface area contributed by atoms with Crippen molar-refractivity contribution in [3.8, 4) is 0 Å². The van der Waals surface area contributed by atoms with Gasteiger partial charge in [0, 0.05) is 7.11 Å². The molecule has 0 saturated carbocycles. The molecule has 1 aromatic rings. The van der Waals surface area contributed by atoms with Gasteiger partial charge in [-0.15, -0.1) is 0 Å². The Bertz CT molecular complexity index is 366. The summed E-state index contributed by atoms with van der Waals surface area (Å²) < 4.78 is 10.7. The maximum Gasteiger partial charge on any atom is 0.0701 e. The van der Waals surface area contributed by atoms with Crippen molar-refractivity contribution in [3.05, 3.63) is 34.9 Å². The van der Waals surface area contributed by atoms with E-state index in [4.69, 9.17) is 9.47 Å². The van der Waals surface area contributed by atoms with Gasteiger partial charge in [0.05, 0.1) is 25.9 Å². The van der Waals surface area contributed by atoms with E-state index in [0.29, 0.717) is 19.8 Å². The number of hydrogen-bond donors (Lipinski definition) is 1. The molecule has 1 unspecified atom stereocenters. The van der Waals surface area contributed by atoms with Crippen molar-refractivity contribution in [2.24, 2.45) is 0 Å². The van der Waals surface area contributed by atoms with E-state index in [1.807, 2.05) is 0 Å². The zero-order valence-corrected chi connectivity index (χ0v) is 12.7. The van der Waals surface area contributed by atoms with Crippen LogP contribution < -0.4 is 5.32 Å². The van der Waals surface area contributed by atoms with Gasteiger partial charge in [0.15, 0.2) is 0 Å². The van der Waals surface area contributed by atoms with Gasteiger partial charge in [-0.25, -0.2) is 0 Å². The standard InChI is InChI=1S/C16H27NO2/c1-5-8-17-16(12-19-10-9-18-4)15-11-13(2)6-7-14(15)3/h6-7,11,16-17H,5,8-10,12H2,1-4H3. The van der Waals surface area contributed by atoms with Crippen molar-refractivity contribution in [1.82, 2.24) is 5.32 Å². The van der Waals surface area contributed by atoms with Gasteiger partial charge < -0.3 is 14.8 Å². The fraction of sp³-hybridized carbons (Fsp3) is 0.625. The second-order valence-corrected chi connectivity index (χ2v) is 4.93. The molecule has 1 aromatic carbocycles. The van der Waals surface area contributed by atoms with E-state index in [1.54, 1.807) is 7.11 Å². The number of rotatable bonds is 9. The molecule has 3 heteroatoms. The van der Waals surface area contributed by atoms with E-state index < -0.39 is 0 Å². The molecule has 1 N–H and O–H groups in total. The summed E-state index contributed by atoms with van der Waals surface area (Å²) in [5.41, 5.74) is 3.95. The highest BCUT2D eigenvalue weighted by Crippen LogP contribution is 2.19. The van der Waals surface area contributed by atoms with E-state index in [0.717, 1.165) is 13.0 Å². The maximum absolute atomic E-state index is 5.70. The summed E-state index contributed by atoms with van der Waals surface area (Å²) in [6, 6.07) is 6.85. The summed E-state index contributed by atoms with van der Waals surface area (Å²) in [5.74, 6) is 0. The van der Waals surface area contributed by atoms with Crippen molar-refractivity contribution >= 4 is 0 Å². The highest BCUT2D eigenvalue weighted by Gasteiger charge is 2.13. The average molecular weight is 265 g/mol. The Balaban J connectivity index is 2.68. The second-order valence-electron chi connectivity index (χ2n) is 4.93. The summed E-state index contributed by atoms with van der Waals surface area (Å²) in [4.78, 5) is 0. The van der Waals surface area contributed by atoms with Gasteiger partial charge in [0.1, 0.15) is 0 Å². The largest absolute Gasteiger partial charge is 0.382 e. The van der Waals surface area contributed by atoms with Crippen molar-refractivity contribution < 1.29 is 9.47 Å². The molecule has 1 rings (SSSR count). The zero-order valence-electron chi connectivity index (χ0n) is 12.7. The van der Waals surface area contributed by atoms with E-state index in [1.165, 1.54) is 16.7 Å². The molecular formula is C16H27NO2. The van der Waals surface area contributed by atoms with Crippen molar-refractivity contribution in [3.63, 3.8) is 0 Å². The summed E-state index contributed by atoms with van der Waals surface area (Å²) >= 11 is 0. The molecule has 0 heterocycles. The Hall–Kier alpha value is -0.900. The minimum Gasteiger partial charge on any atom is -0.382 e. The third-order valence-electron chi connectivity index (χ3n) is 3.17. The first-order valence-electron chi connectivity index (χ1n) is 7.06. The predicted octanol–water partition coefficient (Wildman–Crippen LogP) is 3.01. The number of nitrogens with one attached hydrogen (secondary N) is 1. The van der Waals surface area contributed by atoms with Gasteiger partial charge in [-0.2, -0.15) is 0 Å². The van der Waals surface area contributed by atoms with Crippen molar-refractivity contribution in [2.75, 3.05) is 33.5 Å². The summed E-state index contributed by atoms with van der Waals surface area (Å²) in [6.07, 6.45) is 1.12. The molecule has 0 bridgehead atoms. The number of ether oxygens (including phenoxy) is 2. The first-order chi connectivity index (χ1) is 9.19. The molecule has 0 aliphatic heterocycles. The fourth-order valence-corrected chi connectivity index (χ4v) is 2.06. The van der Waals surface area contributed by atoms with Crippen LogP contribution in [0.3, 0.4) is 0 Å². The third kappa shape index (κ3) is 5.72. The Morgan fingerprint density at radius 1 is 1.21 bits per heavy atom. The molecule has 108 valence electrons. The molecule has 0 aromatic heterocycles. The van der Waals surface area contributed by atoms with E-state index >= 15 is 0 Å². The van der Waals surface area contributed by atoms with Crippen LogP contribution in [0.1, 0.15) is 36.1 Å². The lowest BCUT2D eigenvalue weighted by atomic mass is 9.99. The molecular weight excluding hydrogens is 238 g/mol. The van der Waals surface area contributed by atoms with E-state index in [9.17, 15) is 0 Å². The normalized spacial score (nSPS) is 12.6. The number of hydrogen-bond acceptors (Lipinski definition) is 3. The Morgan fingerprint density at radius 3 is 2.68 bits per heavy atom. The number of aryl methyl sites for hydroxylation is 2. The molecule has 0 saturated heterocycles. The lowest BCUT2D eigenvalue weighted by Crippen LogP contribution is -2.27. The number of benzene rings is 1. The minimum absolute atomic E-state index is 0.261. The highest BCUT2D eigenvalue weighted by molar-refractivity contribution is 5.33. The molecule has 0 amide bonds. The second kappa shape index (κ2) is 9.08. The van der Waals surface area contributed by atoms with Crippen LogP contribution in [0, 0.1) is 13.8 Å². The first-order valence-corrected chi connectivity index (χ1v) is 7.06. The Kier molecular flexibility index (Phi) is 7.72. The number of methoxy groups -OCH3 is 1. The van der Waals surface area contributed by atoms with Crippen LogP contribution in [0.5, 0.6) is 0 Å². The lowest BCUT2D eigenvalue weighted by molar-refractivity contribution is 0.0585. The van der Waals surface area contributed by atoms with Crippen LogP contribution in [-0.2, 0) is 9.47 Å². The van der Waals surface area contributed by atoms with Crippen molar-refractivity contribution in [2.45, 2.75) is 33.2 Å². The molecule has 0 radical (unpaired) electrons. The fourth-order valence-electron chi connectivity index (χ4n) is 2.06. The Morgan fingerprint density at radius 2 is 2.00 bits per heavy atom. The summed E-state index contributed by atoms with van der Waals surface area (Å²) in [5, 5.41) is 3.56. The summed E-state index contributed by atoms with van der Waals surface area (Å²) in [7, 11) is 1.70. The van der Waals surface area contributed by atoms with Crippen LogP contribution in [0.25, 0.3) is 0 Å². The van der Waals surface area contributed by atoms with Gasteiger partial charge >= 0.3 is 0 Å². The maximum atomic E-state index is 5.70. The molecule has 19 heavy (non-hydrogen) atoms. The molecule has 0 fully saturated rings. The van der Waals surface area contributed by atoms with Crippen molar-refractivity contribution in [1.29, 1.82) is 0 Å². The van der Waals surface area contributed by atoms with Gasteiger partial charge in [0.25, 0.3) is 0 Å². The van der Waals surface area contributed by atoms with Crippen LogP contribution >= 0.6 is 0 Å². The monoisotopic (exact) mass is 265 g/mol. The van der Waals surface area contributed by atoms with E-state index in [-0.39, 0.29) is 6.04 Å². The van der Waals surface area contributed by atoms with Gasteiger partial charge in [0.2, 0.25) is 0 Å². The minimum atomic E-state index is 0.261. The zero-order chi connectivity index (χ0) is 14.1. The Labute approximate surface area is 117 Å². The van der Waals surface area contributed by atoms with Crippen LogP contribution in [0.2, 0.25) is 0 Å². The third-order valence-corrected chi connectivity index (χ3v) is 3.17. The quantitative estimate of drug-likeness (QED) is 0.696. The topological polar surface area (TPSA) is 30.5 Å². The molecule has 0 aliphatic carbocycles. The van der Waals surface area contributed by atoms with Crippen LogP contribution in [-0.4, -0.2) is 33.5 Å². The summed E-state index contributed by atoms with van der Waals surface area (Å²) in [6.45, 7) is 9.45. The average Bonchev–Trinajstić information content (AvgIpc) is 2.41.